The lowest BCUT2D eigenvalue weighted by Crippen LogP contribution is -2.48. The second kappa shape index (κ2) is 16.5. The Bertz CT molecular complexity index is 1750. The van der Waals surface area contributed by atoms with Gasteiger partial charge in [0.05, 0.1) is 26.6 Å². The first-order chi connectivity index (χ1) is 23.0. The second-order valence-corrected chi connectivity index (χ2v) is 18.0. The van der Waals surface area contributed by atoms with Gasteiger partial charge in [0, 0.05) is 50.5 Å². The molecule has 0 spiro atoms. The number of hydrogen-bond acceptors (Lipinski definition) is 6. The fourth-order valence-electron chi connectivity index (χ4n) is 4.98. The van der Waals surface area contributed by atoms with Crippen LogP contribution >= 0.6 is 58.0 Å². The van der Waals surface area contributed by atoms with Crippen molar-refractivity contribution in [1.29, 1.82) is 0 Å². The van der Waals surface area contributed by atoms with Gasteiger partial charge in [-0.25, -0.2) is 0 Å². The highest BCUT2D eigenvalue weighted by atomic mass is 35.5. The molecule has 2 aliphatic rings. The van der Waals surface area contributed by atoms with Crippen LogP contribution in [-0.4, -0.2) is 39.2 Å². The van der Waals surface area contributed by atoms with Crippen LogP contribution in [-0.2, 0) is 23.9 Å². The van der Waals surface area contributed by atoms with Crippen molar-refractivity contribution < 1.29 is 29.0 Å². The molecule has 51 heavy (non-hydrogen) atoms. The zero-order valence-electron chi connectivity index (χ0n) is 31.1. The van der Waals surface area contributed by atoms with Gasteiger partial charge in [0.15, 0.2) is 0 Å². The van der Waals surface area contributed by atoms with E-state index in [0.29, 0.717) is 49.8 Å². The summed E-state index contributed by atoms with van der Waals surface area (Å²) in [5.74, 6) is -0.642. The average Bonchev–Trinajstić information content (AvgIpc) is 2.89. The summed E-state index contributed by atoms with van der Waals surface area (Å²) < 4.78 is 5.66. The van der Waals surface area contributed by atoms with Gasteiger partial charge in [-0.15, -0.1) is 0 Å². The summed E-state index contributed by atoms with van der Waals surface area (Å²) in [7, 11) is 0. The molecule has 0 radical (unpaired) electrons. The van der Waals surface area contributed by atoms with Crippen molar-refractivity contribution in [1.82, 2.24) is 10.6 Å². The van der Waals surface area contributed by atoms with E-state index in [1.165, 1.54) is 0 Å². The van der Waals surface area contributed by atoms with Gasteiger partial charge >= 0.3 is 5.97 Å². The van der Waals surface area contributed by atoms with Crippen LogP contribution < -0.4 is 10.6 Å². The number of benzene rings is 2. The highest BCUT2D eigenvalue weighted by Gasteiger charge is 2.38. The quantitative estimate of drug-likeness (QED) is 0.210. The van der Waals surface area contributed by atoms with E-state index in [-0.39, 0.29) is 39.4 Å². The molecule has 3 N–H and O–H groups in total. The smallest absolute Gasteiger partial charge is 0.316 e. The normalized spacial score (nSPS) is 17.0. The molecular weight excluding hydrogens is 758 g/mol. The van der Waals surface area contributed by atoms with Crippen molar-refractivity contribution >= 4 is 92.2 Å². The number of nitrogens with one attached hydrogen (secondary N) is 2. The highest BCUT2D eigenvalue weighted by molar-refractivity contribution is 6.64. The summed E-state index contributed by atoms with van der Waals surface area (Å²) in [5, 5.41) is 17.4. The van der Waals surface area contributed by atoms with Crippen LogP contribution in [0, 0.1) is 24.7 Å². The molecule has 8 nitrogen and oxygen atoms in total. The molecule has 2 heterocycles. The molecule has 2 aromatic rings. The third-order valence-electron chi connectivity index (χ3n) is 7.56. The minimum absolute atomic E-state index is 0.0565. The largest absolute Gasteiger partial charge is 0.511 e. The van der Waals surface area contributed by atoms with Gasteiger partial charge in [0.1, 0.15) is 11.5 Å². The van der Waals surface area contributed by atoms with Gasteiger partial charge in [-0.05, 0) is 109 Å². The maximum absolute atomic E-state index is 12.8. The van der Waals surface area contributed by atoms with Gasteiger partial charge in [0.25, 0.3) is 11.8 Å². The van der Waals surface area contributed by atoms with Crippen LogP contribution in [0.15, 0.2) is 35.8 Å². The van der Waals surface area contributed by atoms with E-state index in [4.69, 9.17) is 62.7 Å². The molecule has 0 unspecified atom stereocenters. The predicted molar refractivity (Wildman–Crippen MR) is 208 cm³/mol. The van der Waals surface area contributed by atoms with Crippen LogP contribution in [0.1, 0.15) is 104 Å². The summed E-state index contributed by atoms with van der Waals surface area (Å²) >= 11 is 29.6. The van der Waals surface area contributed by atoms with Gasteiger partial charge in [-0.3, -0.25) is 19.2 Å². The third-order valence-corrected chi connectivity index (χ3v) is 9.16. The fourth-order valence-corrected chi connectivity index (χ4v) is 6.36. The number of aliphatic hydroxyl groups excluding tert-OH is 1. The number of aryl methyl sites for hydroxylation is 2. The van der Waals surface area contributed by atoms with Gasteiger partial charge in [0.2, 0.25) is 5.24 Å². The maximum atomic E-state index is 12.8. The molecule has 2 aromatic carbocycles. The Morgan fingerprint density at radius 3 is 1.43 bits per heavy atom. The summed E-state index contributed by atoms with van der Waals surface area (Å²) in [4.78, 5) is 47.6. The monoisotopic (exact) mass is 802 g/mol. The van der Waals surface area contributed by atoms with Crippen molar-refractivity contribution in [3.63, 3.8) is 0 Å². The Morgan fingerprint density at radius 2 is 1.08 bits per heavy atom. The Hall–Kier alpha value is -2.75. The minimum atomic E-state index is -0.686. The van der Waals surface area contributed by atoms with Crippen molar-refractivity contribution in [2.75, 3.05) is 0 Å². The summed E-state index contributed by atoms with van der Waals surface area (Å²) in [6.45, 7) is 21.7. The lowest BCUT2D eigenvalue weighted by Gasteiger charge is -2.34. The SMILES string of the molecule is CC(C)(C)C(=O)Cl.Cc1cc(Cl)cc(Cl)c1C1=C(O)CC(C)(C)NC1=O.Cc1cc(Cl)cc(Cl)c1C1=C(OC(=O)C(C)(C)C)CC(C)(C)NC1=O. The third kappa shape index (κ3) is 12.1. The van der Waals surface area contributed by atoms with Crippen LogP contribution in [0.2, 0.25) is 20.1 Å². The summed E-state index contributed by atoms with van der Waals surface area (Å²) in [5.41, 5.74) is 1.05. The van der Waals surface area contributed by atoms with E-state index in [1.807, 2.05) is 34.6 Å². The Morgan fingerprint density at radius 1 is 0.706 bits per heavy atom. The molecule has 0 bridgehead atoms. The molecule has 0 aromatic heterocycles. The second-order valence-electron chi connectivity index (χ2n) is 16.0. The molecule has 0 atom stereocenters. The molecular formula is C38H47Cl5N2O6. The first-order valence-electron chi connectivity index (χ1n) is 16.1. The summed E-state index contributed by atoms with van der Waals surface area (Å²) in [6.07, 6.45) is 0.751. The summed E-state index contributed by atoms with van der Waals surface area (Å²) in [6, 6.07) is 6.59. The Labute approximate surface area is 326 Å². The Balaban J connectivity index is 0.000000305. The van der Waals surface area contributed by atoms with Crippen molar-refractivity contribution in [2.45, 2.75) is 107 Å². The molecule has 2 amide bonds. The molecule has 13 heteroatoms. The Kier molecular flexibility index (Phi) is 14.4. The van der Waals surface area contributed by atoms with Crippen molar-refractivity contribution in [3.05, 3.63) is 78.1 Å². The first kappa shape index (κ1) is 44.4. The van der Waals surface area contributed by atoms with Crippen LogP contribution in [0.3, 0.4) is 0 Å². The standard InChI is InChI=1S/C19H23Cl2NO3.C14H15Cl2NO2.C5H9ClO/c1-10-7-11(20)8-12(21)14(10)15-13(25-17(24)18(2,3)4)9-19(5,6)22-16(15)23;1-7-4-8(15)5-9(16)11(7)12-10(18)6-14(2,3)17-13(12)19;1-5(2,3)4(6)7/h7-8H,9H2,1-6H3,(H,22,23);4-5,18H,6H2,1-3H3,(H,17,19);1-3H3. The van der Waals surface area contributed by atoms with E-state index < -0.39 is 22.5 Å². The molecule has 0 fully saturated rings. The fraction of sp³-hybridized carbons (Fsp3) is 0.474. The highest BCUT2D eigenvalue weighted by Crippen LogP contribution is 2.39. The van der Waals surface area contributed by atoms with Crippen LogP contribution in [0.4, 0.5) is 0 Å². The molecule has 280 valence electrons. The van der Waals surface area contributed by atoms with E-state index in [2.05, 4.69) is 10.6 Å². The number of esters is 1. The maximum Gasteiger partial charge on any atom is 0.316 e. The number of rotatable bonds is 3. The molecule has 0 saturated carbocycles. The molecule has 2 aliphatic heterocycles. The minimum Gasteiger partial charge on any atom is -0.511 e. The van der Waals surface area contributed by atoms with E-state index in [1.54, 1.807) is 72.7 Å². The number of aliphatic hydroxyl groups is 1. The van der Waals surface area contributed by atoms with Crippen molar-refractivity contribution in [2.24, 2.45) is 10.8 Å². The number of carbonyl (C=O) groups is 4. The van der Waals surface area contributed by atoms with Gasteiger partial charge in [-0.1, -0.05) is 67.2 Å². The molecule has 0 saturated heterocycles. The van der Waals surface area contributed by atoms with E-state index >= 15 is 0 Å². The molecule has 0 aliphatic carbocycles. The number of amides is 2. The van der Waals surface area contributed by atoms with E-state index in [9.17, 15) is 24.3 Å². The van der Waals surface area contributed by atoms with Gasteiger partial charge in [-0.2, -0.15) is 0 Å². The average molecular weight is 805 g/mol. The van der Waals surface area contributed by atoms with Crippen molar-refractivity contribution in [3.8, 4) is 0 Å². The predicted octanol–water partition coefficient (Wildman–Crippen LogP) is 10.6. The lowest BCUT2D eigenvalue weighted by atomic mass is 9.87. The number of ether oxygens (including phenoxy) is 1. The van der Waals surface area contributed by atoms with Crippen LogP contribution in [0.5, 0.6) is 0 Å². The van der Waals surface area contributed by atoms with E-state index in [0.717, 1.165) is 11.1 Å². The number of halogens is 5. The lowest BCUT2D eigenvalue weighted by molar-refractivity contribution is -0.149. The number of carbonyl (C=O) groups excluding carboxylic acids is 4. The zero-order chi connectivity index (χ0) is 39.6. The topological polar surface area (TPSA) is 122 Å². The number of hydrogen-bond donors (Lipinski definition) is 3. The first-order valence-corrected chi connectivity index (χ1v) is 18.0. The molecule has 4 rings (SSSR count). The van der Waals surface area contributed by atoms with Crippen LogP contribution in [0.25, 0.3) is 11.1 Å². The zero-order valence-corrected chi connectivity index (χ0v) is 34.9. The van der Waals surface area contributed by atoms with Gasteiger partial charge < -0.3 is 20.5 Å².